The molecule has 6 heteroatoms. The third-order valence-corrected chi connectivity index (χ3v) is 4.49. The van der Waals surface area contributed by atoms with Gasteiger partial charge in [0.2, 0.25) is 0 Å². The Morgan fingerprint density at radius 3 is 2.52 bits per heavy atom. The van der Waals surface area contributed by atoms with Crippen molar-refractivity contribution < 1.29 is 5.11 Å². The van der Waals surface area contributed by atoms with E-state index in [0.717, 1.165) is 36.7 Å². The van der Waals surface area contributed by atoms with Gasteiger partial charge in [-0.15, -0.1) is 0 Å². The lowest BCUT2D eigenvalue weighted by Gasteiger charge is -2.32. The third-order valence-electron chi connectivity index (χ3n) is 4.49. The Kier molecular flexibility index (Phi) is 3.46. The summed E-state index contributed by atoms with van der Waals surface area (Å²) in [6, 6.07) is 1.96. The zero-order valence-corrected chi connectivity index (χ0v) is 11.9. The summed E-state index contributed by atoms with van der Waals surface area (Å²) in [4.78, 5) is 24.7. The highest BCUT2D eigenvalue weighted by Crippen LogP contribution is 2.33. The molecule has 0 saturated heterocycles. The summed E-state index contributed by atoms with van der Waals surface area (Å²) < 4.78 is 2.54. The van der Waals surface area contributed by atoms with Crippen LogP contribution < -0.4 is 11.2 Å². The Labute approximate surface area is 122 Å². The number of hydrogen-bond donors (Lipinski definition) is 1. The molecule has 2 aliphatic rings. The Morgan fingerprint density at radius 1 is 1.29 bits per heavy atom. The maximum atomic E-state index is 12.5. The van der Waals surface area contributed by atoms with Crippen molar-refractivity contribution in [1.29, 1.82) is 5.26 Å². The van der Waals surface area contributed by atoms with Crippen LogP contribution in [0.5, 0.6) is 0 Å². The second-order valence-corrected chi connectivity index (χ2v) is 6.25. The number of hydrogen-bond acceptors (Lipinski definition) is 4. The molecule has 1 aromatic rings. The van der Waals surface area contributed by atoms with E-state index in [2.05, 4.69) is 0 Å². The SMILES string of the molecule is N#Cc1cn(C2CC2)c(=O)n(CC2(O)CCCCC2)c1=O. The van der Waals surface area contributed by atoms with Gasteiger partial charge >= 0.3 is 5.69 Å². The van der Waals surface area contributed by atoms with E-state index in [4.69, 9.17) is 5.26 Å². The van der Waals surface area contributed by atoms with Crippen molar-refractivity contribution in [2.45, 2.75) is 63.1 Å². The number of rotatable bonds is 3. The molecule has 0 aromatic carbocycles. The van der Waals surface area contributed by atoms with Gasteiger partial charge in [0.1, 0.15) is 11.6 Å². The highest BCUT2D eigenvalue weighted by atomic mass is 16.3. The second kappa shape index (κ2) is 5.15. The standard InChI is InChI=1S/C15H19N3O3/c16-8-11-9-17(12-4-5-12)14(20)18(13(11)19)10-15(21)6-2-1-3-7-15/h9,12,21H,1-7,10H2. The van der Waals surface area contributed by atoms with E-state index in [1.807, 2.05) is 6.07 Å². The smallest absolute Gasteiger partial charge is 0.331 e. The molecule has 0 spiro atoms. The van der Waals surface area contributed by atoms with Gasteiger partial charge in [-0.05, 0) is 25.7 Å². The minimum atomic E-state index is -1.00. The van der Waals surface area contributed by atoms with Crippen LogP contribution in [0.15, 0.2) is 15.8 Å². The van der Waals surface area contributed by atoms with E-state index in [1.165, 1.54) is 10.8 Å². The Hall–Kier alpha value is -1.87. The van der Waals surface area contributed by atoms with Gasteiger partial charge in [0.05, 0.1) is 12.1 Å². The molecule has 1 heterocycles. The molecule has 0 atom stereocenters. The predicted molar refractivity (Wildman–Crippen MR) is 76.0 cm³/mol. The molecular formula is C15H19N3O3. The molecule has 6 nitrogen and oxygen atoms in total. The van der Waals surface area contributed by atoms with Crippen LogP contribution in [0.2, 0.25) is 0 Å². The van der Waals surface area contributed by atoms with Crippen molar-refractivity contribution in [3.63, 3.8) is 0 Å². The highest BCUT2D eigenvalue weighted by Gasteiger charge is 2.33. The van der Waals surface area contributed by atoms with Gasteiger partial charge in [-0.3, -0.25) is 13.9 Å². The summed E-state index contributed by atoms with van der Waals surface area (Å²) in [5.74, 6) is 0. The van der Waals surface area contributed by atoms with Gasteiger partial charge in [-0.1, -0.05) is 19.3 Å². The van der Waals surface area contributed by atoms with Crippen LogP contribution in [0, 0.1) is 11.3 Å². The monoisotopic (exact) mass is 289 g/mol. The summed E-state index contributed by atoms with van der Waals surface area (Å²) in [6.45, 7) is -0.00704. The zero-order chi connectivity index (χ0) is 15.0. The van der Waals surface area contributed by atoms with Gasteiger partial charge in [0, 0.05) is 12.2 Å². The molecule has 1 aromatic heterocycles. The first-order chi connectivity index (χ1) is 10.0. The van der Waals surface area contributed by atoms with Crippen LogP contribution >= 0.6 is 0 Å². The van der Waals surface area contributed by atoms with Crippen molar-refractivity contribution in [3.8, 4) is 6.07 Å². The molecule has 21 heavy (non-hydrogen) atoms. The largest absolute Gasteiger partial charge is 0.388 e. The zero-order valence-electron chi connectivity index (χ0n) is 11.9. The normalized spacial score (nSPS) is 21.0. The highest BCUT2D eigenvalue weighted by molar-refractivity contribution is 5.23. The van der Waals surface area contributed by atoms with Crippen molar-refractivity contribution in [2.24, 2.45) is 0 Å². The third kappa shape index (κ3) is 2.66. The molecule has 0 amide bonds. The summed E-state index contributed by atoms with van der Waals surface area (Å²) in [7, 11) is 0. The number of aliphatic hydroxyl groups is 1. The topological polar surface area (TPSA) is 88.0 Å². The van der Waals surface area contributed by atoms with Gasteiger partial charge < -0.3 is 5.11 Å². The van der Waals surface area contributed by atoms with Crippen molar-refractivity contribution in [2.75, 3.05) is 0 Å². The number of aromatic nitrogens is 2. The predicted octanol–water partition coefficient (Wildman–Crippen LogP) is 0.912. The van der Waals surface area contributed by atoms with E-state index < -0.39 is 16.9 Å². The lowest BCUT2D eigenvalue weighted by Crippen LogP contribution is -2.48. The van der Waals surface area contributed by atoms with E-state index >= 15 is 0 Å². The van der Waals surface area contributed by atoms with Crippen LogP contribution in [0.4, 0.5) is 0 Å². The van der Waals surface area contributed by atoms with Crippen LogP contribution in [-0.2, 0) is 6.54 Å². The molecule has 1 N–H and O–H groups in total. The summed E-state index contributed by atoms with van der Waals surface area (Å²) in [5.41, 5.74) is -2.02. The van der Waals surface area contributed by atoms with Crippen molar-refractivity contribution in [3.05, 3.63) is 32.6 Å². The molecule has 112 valence electrons. The fourth-order valence-corrected chi connectivity index (χ4v) is 3.11. The minimum absolute atomic E-state index is 0.00704. The average Bonchev–Trinajstić information content (AvgIpc) is 3.29. The van der Waals surface area contributed by atoms with Gasteiger partial charge in [-0.25, -0.2) is 4.79 Å². The van der Waals surface area contributed by atoms with Crippen LogP contribution in [0.3, 0.4) is 0 Å². The summed E-state index contributed by atoms with van der Waals surface area (Å²) in [6.07, 6.45) is 7.23. The maximum absolute atomic E-state index is 12.5. The van der Waals surface area contributed by atoms with Crippen LogP contribution in [-0.4, -0.2) is 19.8 Å². The fraction of sp³-hybridized carbons (Fsp3) is 0.667. The quantitative estimate of drug-likeness (QED) is 0.896. The van der Waals surface area contributed by atoms with Gasteiger partial charge in [0.25, 0.3) is 5.56 Å². The number of nitriles is 1. The van der Waals surface area contributed by atoms with Crippen molar-refractivity contribution >= 4 is 0 Å². The summed E-state index contributed by atoms with van der Waals surface area (Å²) in [5, 5.41) is 19.7. The molecular weight excluding hydrogens is 270 g/mol. The van der Waals surface area contributed by atoms with Crippen molar-refractivity contribution in [1.82, 2.24) is 9.13 Å². The van der Waals surface area contributed by atoms with Gasteiger partial charge in [0.15, 0.2) is 0 Å². The maximum Gasteiger partial charge on any atom is 0.331 e. The van der Waals surface area contributed by atoms with Crippen LogP contribution in [0.1, 0.15) is 56.6 Å². The Morgan fingerprint density at radius 2 is 1.95 bits per heavy atom. The minimum Gasteiger partial charge on any atom is -0.388 e. The van der Waals surface area contributed by atoms with Gasteiger partial charge in [-0.2, -0.15) is 5.26 Å². The van der Waals surface area contributed by atoms with E-state index in [1.54, 1.807) is 0 Å². The molecule has 3 rings (SSSR count). The average molecular weight is 289 g/mol. The number of nitrogens with zero attached hydrogens (tertiary/aromatic N) is 3. The fourth-order valence-electron chi connectivity index (χ4n) is 3.11. The van der Waals surface area contributed by atoms with E-state index in [-0.39, 0.29) is 18.2 Å². The molecule has 2 saturated carbocycles. The van der Waals surface area contributed by atoms with E-state index in [9.17, 15) is 14.7 Å². The summed E-state index contributed by atoms with van der Waals surface area (Å²) >= 11 is 0. The first-order valence-electron chi connectivity index (χ1n) is 7.52. The first-order valence-corrected chi connectivity index (χ1v) is 7.52. The molecule has 0 radical (unpaired) electrons. The second-order valence-electron chi connectivity index (χ2n) is 6.25. The first kappa shape index (κ1) is 14.1. The molecule has 0 aliphatic heterocycles. The molecule has 0 unspecified atom stereocenters. The van der Waals surface area contributed by atoms with Crippen LogP contribution in [0.25, 0.3) is 0 Å². The molecule has 2 aliphatic carbocycles. The lowest BCUT2D eigenvalue weighted by atomic mass is 9.85. The molecule has 0 bridgehead atoms. The van der Waals surface area contributed by atoms with E-state index in [0.29, 0.717) is 12.8 Å². The Bertz CT molecular complexity index is 700. The molecule has 2 fully saturated rings. The Balaban J connectivity index is 2.04. The lowest BCUT2D eigenvalue weighted by molar-refractivity contribution is -0.0136.